The van der Waals surface area contributed by atoms with Crippen molar-refractivity contribution in [1.82, 2.24) is 15.5 Å². The second-order valence-electron chi connectivity index (χ2n) is 4.44. The molecular weight excluding hydrogens is 277 g/mol. The standard InChI is InChI=1S/C13H16FN5O2/c1-8-17-12(19-21-8)4-5-16-7-9-2-3-10(14)6-11(9)13(15)18-20/h2-3,6,16,20H,4-5,7H2,1H3,(H2,15,18). The topological polar surface area (TPSA) is 110 Å². The largest absolute Gasteiger partial charge is 0.409 e. The molecule has 112 valence electrons. The molecular formula is C13H16FN5O2. The number of amidine groups is 1. The van der Waals surface area contributed by atoms with E-state index in [-0.39, 0.29) is 5.84 Å². The zero-order chi connectivity index (χ0) is 15.2. The van der Waals surface area contributed by atoms with E-state index in [1.54, 1.807) is 13.0 Å². The van der Waals surface area contributed by atoms with Crippen molar-refractivity contribution in [1.29, 1.82) is 0 Å². The van der Waals surface area contributed by atoms with Crippen LogP contribution in [-0.4, -0.2) is 27.7 Å². The highest BCUT2D eigenvalue weighted by molar-refractivity contribution is 5.98. The molecule has 4 N–H and O–H groups in total. The van der Waals surface area contributed by atoms with E-state index >= 15 is 0 Å². The van der Waals surface area contributed by atoms with Gasteiger partial charge in [0.2, 0.25) is 5.89 Å². The summed E-state index contributed by atoms with van der Waals surface area (Å²) in [5, 5.41) is 18.6. The molecule has 0 aliphatic heterocycles. The Bertz CT molecular complexity index is 641. The molecule has 2 aromatic rings. The molecule has 0 aliphatic carbocycles. The molecule has 0 fully saturated rings. The summed E-state index contributed by atoms with van der Waals surface area (Å²) < 4.78 is 18.1. The lowest BCUT2D eigenvalue weighted by Crippen LogP contribution is -2.22. The minimum Gasteiger partial charge on any atom is -0.409 e. The first-order valence-electron chi connectivity index (χ1n) is 6.36. The molecule has 0 saturated heterocycles. The number of hydrogen-bond donors (Lipinski definition) is 3. The molecule has 1 aromatic carbocycles. The molecule has 0 spiro atoms. The average Bonchev–Trinajstić information content (AvgIpc) is 2.89. The number of aryl methyl sites for hydroxylation is 1. The third kappa shape index (κ3) is 3.99. The Morgan fingerprint density at radius 3 is 3.00 bits per heavy atom. The van der Waals surface area contributed by atoms with Gasteiger partial charge in [0.15, 0.2) is 11.7 Å². The number of halogens is 1. The van der Waals surface area contributed by atoms with Gasteiger partial charge in [0.25, 0.3) is 0 Å². The smallest absolute Gasteiger partial charge is 0.223 e. The fourth-order valence-corrected chi connectivity index (χ4v) is 1.86. The number of rotatable bonds is 6. The molecule has 0 aliphatic rings. The third-order valence-electron chi connectivity index (χ3n) is 2.87. The summed E-state index contributed by atoms with van der Waals surface area (Å²) >= 11 is 0. The van der Waals surface area contributed by atoms with Crippen LogP contribution in [0.4, 0.5) is 4.39 Å². The first kappa shape index (κ1) is 14.9. The first-order chi connectivity index (χ1) is 10.1. The lowest BCUT2D eigenvalue weighted by atomic mass is 10.1. The van der Waals surface area contributed by atoms with Gasteiger partial charge in [-0.25, -0.2) is 4.39 Å². The predicted octanol–water partition coefficient (Wildman–Crippen LogP) is 0.944. The van der Waals surface area contributed by atoms with Gasteiger partial charge in [-0.3, -0.25) is 0 Å². The van der Waals surface area contributed by atoms with Crippen molar-refractivity contribution in [2.75, 3.05) is 6.54 Å². The van der Waals surface area contributed by atoms with Gasteiger partial charge in [0.1, 0.15) is 5.82 Å². The van der Waals surface area contributed by atoms with Crippen LogP contribution in [0.5, 0.6) is 0 Å². The van der Waals surface area contributed by atoms with E-state index in [9.17, 15) is 4.39 Å². The lowest BCUT2D eigenvalue weighted by molar-refractivity contribution is 0.318. The van der Waals surface area contributed by atoms with Crippen LogP contribution < -0.4 is 11.1 Å². The van der Waals surface area contributed by atoms with E-state index in [0.717, 1.165) is 5.56 Å². The highest BCUT2D eigenvalue weighted by Crippen LogP contribution is 2.11. The summed E-state index contributed by atoms with van der Waals surface area (Å²) in [7, 11) is 0. The van der Waals surface area contributed by atoms with Crippen molar-refractivity contribution in [2.24, 2.45) is 10.9 Å². The highest BCUT2D eigenvalue weighted by Gasteiger charge is 2.09. The molecule has 2 rings (SSSR count). The fraction of sp³-hybridized carbons (Fsp3) is 0.308. The predicted molar refractivity (Wildman–Crippen MR) is 73.4 cm³/mol. The number of aromatic nitrogens is 2. The van der Waals surface area contributed by atoms with Gasteiger partial charge in [-0.05, 0) is 17.7 Å². The van der Waals surface area contributed by atoms with Crippen LogP contribution in [0, 0.1) is 12.7 Å². The van der Waals surface area contributed by atoms with Crippen molar-refractivity contribution in [3.8, 4) is 0 Å². The Morgan fingerprint density at radius 1 is 1.52 bits per heavy atom. The van der Waals surface area contributed by atoms with E-state index in [0.29, 0.717) is 36.8 Å². The van der Waals surface area contributed by atoms with Crippen LogP contribution in [0.2, 0.25) is 0 Å². The summed E-state index contributed by atoms with van der Waals surface area (Å²) in [5.74, 6) is 0.580. The number of nitrogens with two attached hydrogens (primary N) is 1. The first-order valence-corrected chi connectivity index (χ1v) is 6.36. The zero-order valence-electron chi connectivity index (χ0n) is 11.5. The number of nitrogens with zero attached hydrogens (tertiary/aromatic N) is 3. The van der Waals surface area contributed by atoms with Crippen LogP contribution in [0.3, 0.4) is 0 Å². The van der Waals surface area contributed by atoms with E-state index in [4.69, 9.17) is 15.5 Å². The molecule has 0 saturated carbocycles. The van der Waals surface area contributed by atoms with Gasteiger partial charge in [-0.15, -0.1) is 0 Å². The molecule has 1 heterocycles. The minimum atomic E-state index is -0.442. The Labute approximate surface area is 120 Å². The van der Waals surface area contributed by atoms with Crippen LogP contribution >= 0.6 is 0 Å². The molecule has 7 nitrogen and oxygen atoms in total. The van der Waals surface area contributed by atoms with Gasteiger partial charge in [0.05, 0.1) is 0 Å². The van der Waals surface area contributed by atoms with E-state index in [2.05, 4.69) is 20.6 Å². The maximum absolute atomic E-state index is 13.2. The van der Waals surface area contributed by atoms with E-state index in [1.807, 2.05) is 0 Å². The third-order valence-corrected chi connectivity index (χ3v) is 2.87. The maximum atomic E-state index is 13.2. The lowest BCUT2D eigenvalue weighted by Gasteiger charge is -2.09. The summed E-state index contributed by atoms with van der Waals surface area (Å²) in [4.78, 5) is 4.09. The normalized spacial score (nSPS) is 11.8. The summed E-state index contributed by atoms with van der Waals surface area (Å²) in [6.07, 6.45) is 0.609. The van der Waals surface area contributed by atoms with Crippen molar-refractivity contribution in [2.45, 2.75) is 19.9 Å². The van der Waals surface area contributed by atoms with E-state index in [1.165, 1.54) is 12.1 Å². The maximum Gasteiger partial charge on any atom is 0.223 e. The average molecular weight is 293 g/mol. The van der Waals surface area contributed by atoms with Gasteiger partial charge in [0, 0.05) is 32.0 Å². The Hall–Kier alpha value is -2.48. The van der Waals surface area contributed by atoms with Crippen molar-refractivity contribution >= 4 is 5.84 Å². The molecule has 0 atom stereocenters. The fourth-order valence-electron chi connectivity index (χ4n) is 1.86. The minimum absolute atomic E-state index is 0.125. The monoisotopic (exact) mass is 293 g/mol. The van der Waals surface area contributed by atoms with Gasteiger partial charge < -0.3 is 20.8 Å². The molecule has 0 bridgehead atoms. The summed E-state index contributed by atoms with van der Waals surface area (Å²) in [5.41, 5.74) is 6.63. The SMILES string of the molecule is Cc1nc(CCNCc2ccc(F)cc2/C(N)=N/O)no1. The van der Waals surface area contributed by atoms with Crippen molar-refractivity contribution < 1.29 is 14.1 Å². The van der Waals surface area contributed by atoms with Gasteiger partial charge >= 0.3 is 0 Å². The second-order valence-corrected chi connectivity index (χ2v) is 4.44. The van der Waals surface area contributed by atoms with Crippen molar-refractivity contribution in [3.63, 3.8) is 0 Å². The molecule has 0 unspecified atom stereocenters. The molecule has 1 aromatic heterocycles. The molecule has 21 heavy (non-hydrogen) atoms. The Kier molecular flexibility index (Phi) is 4.83. The van der Waals surface area contributed by atoms with Gasteiger partial charge in [-0.2, -0.15) is 4.98 Å². The Morgan fingerprint density at radius 2 is 2.33 bits per heavy atom. The molecule has 0 amide bonds. The van der Waals surface area contributed by atoms with E-state index < -0.39 is 5.82 Å². The zero-order valence-corrected chi connectivity index (χ0v) is 11.5. The summed E-state index contributed by atoms with van der Waals surface area (Å²) in [6.45, 7) is 2.79. The quantitative estimate of drug-likeness (QED) is 0.240. The van der Waals surface area contributed by atoms with Crippen LogP contribution in [0.25, 0.3) is 0 Å². The Balaban J connectivity index is 1.93. The number of oxime groups is 1. The molecule has 8 heteroatoms. The van der Waals surface area contributed by atoms with Crippen LogP contribution in [0.1, 0.15) is 22.8 Å². The second kappa shape index (κ2) is 6.80. The van der Waals surface area contributed by atoms with Crippen LogP contribution in [0.15, 0.2) is 27.9 Å². The summed E-state index contributed by atoms with van der Waals surface area (Å²) in [6, 6.07) is 4.15. The van der Waals surface area contributed by atoms with Crippen LogP contribution in [-0.2, 0) is 13.0 Å². The number of benzene rings is 1. The number of hydrogen-bond acceptors (Lipinski definition) is 6. The highest BCUT2D eigenvalue weighted by atomic mass is 19.1. The molecule has 0 radical (unpaired) electrons. The number of nitrogens with one attached hydrogen (secondary N) is 1. The van der Waals surface area contributed by atoms with Crippen molar-refractivity contribution in [3.05, 3.63) is 46.9 Å². The van der Waals surface area contributed by atoms with Gasteiger partial charge in [-0.1, -0.05) is 16.4 Å².